The predicted octanol–water partition coefficient (Wildman–Crippen LogP) is 1.63. The molecule has 0 spiro atoms. The van der Waals surface area contributed by atoms with Gasteiger partial charge in [0.2, 0.25) is 5.88 Å². The molecule has 0 aliphatic rings. The highest BCUT2D eigenvalue weighted by atomic mass is 16.5. The maximum Gasteiger partial charge on any atom is 0.329 e. The Morgan fingerprint density at radius 1 is 1.16 bits per heavy atom. The van der Waals surface area contributed by atoms with E-state index in [1.165, 1.54) is 4.57 Å². The van der Waals surface area contributed by atoms with Crippen molar-refractivity contribution in [1.82, 2.24) is 29.5 Å². The molecule has 0 saturated heterocycles. The Bertz CT molecular complexity index is 1070. The van der Waals surface area contributed by atoms with Crippen molar-refractivity contribution in [2.24, 2.45) is 0 Å². The summed E-state index contributed by atoms with van der Waals surface area (Å²) in [5.74, 6) is 0.522. The molecule has 0 aliphatic carbocycles. The van der Waals surface area contributed by atoms with Crippen molar-refractivity contribution in [3.05, 3.63) is 65.1 Å². The van der Waals surface area contributed by atoms with E-state index < -0.39 is 0 Å². The highest BCUT2D eigenvalue weighted by Gasteiger charge is 2.12. The fraction of sp³-hybridized carbons (Fsp3) is 0.118. The van der Waals surface area contributed by atoms with Crippen molar-refractivity contribution in [3.8, 4) is 17.1 Å². The van der Waals surface area contributed by atoms with Gasteiger partial charge in [0, 0.05) is 30.2 Å². The maximum atomic E-state index is 12.3. The summed E-state index contributed by atoms with van der Waals surface area (Å²) in [4.78, 5) is 32.1. The number of hydrogen-bond acceptors (Lipinski definition) is 6. The lowest BCUT2D eigenvalue weighted by molar-refractivity contribution is 0.398. The summed E-state index contributed by atoms with van der Waals surface area (Å²) in [7, 11) is 1.56. The minimum Gasteiger partial charge on any atom is -0.481 e. The zero-order valence-electron chi connectivity index (χ0n) is 13.4. The summed E-state index contributed by atoms with van der Waals surface area (Å²) in [6.07, 6.45) is 6.69. The van der Waals surface area contributed by atoms with Gasteiger partial charge in [0.1, 0.15) is 0 Å². The molecule has 0 aliphatic heterocycles. The molecule has 4 heterocycles. The van der Waals surface area contributed by atoms with Crippen LogP contribution in [0, 0.1) is 0 Å². The van der Waals surface area contributed by atoms with Crippen LogP contribution in [0.2, 0.25) is 0 Å². The third kappa shape index (κ3) is 2.85. The highest BCUT2D eigenvalue weighted by molar-refractivity contribution is 5.70. The fourth-order valence-electron chi connectivity index (χ4n) is 2.54. The van der Waals surface area contributed by atoms with Crippen LogP contribution in [0.5, 0.6) is 5.88 Å². The van der Waals surface area contributed by atoms with Gasteiger partial charge in [-0.3, -0.25) is 14.5 Å². The van der Waals surface area contributed by atoms with Crippen molar-refractivity contribution < 1.29 is 4.74 Å². The molecule has 0 unspecified atom stereocenters. The van der Waals surface area contributed by atoms with Gasteiger partial charge in [-0.05, 0) is 17.7 Å². The number of nitrogens with zero attached hydrogens (tertiary/aromatic N) is 5. The predicted molar refractivity (Wildman–Crippen MR) is 91.3 cm³/mol. The Kier molecular flexibility index (Phi) is 3.70. The first-order valence-electron chi connectivity index (χ1n) is 7.59. The number of aromatic amines is 1. The number of ether oxygens (including phenoxy) is 1. The quantitative estimate of drug-likeness (QED) is 0.609. The lowest BCUT2D eigenvalue weighted by atomic mass is 10.2. The molecule has 0 atom stereocenters. The molecular formula is C17H14N6O2. The van der Waals surface area contributed by atoms with Crippen LogP contribution in [0.25, 0.3) is 22.6 Å². The Morgan fingerprint density at radius 3 is 2.80 bits per heavy atom. The van der Waals surface area contributed by atoms with Crippen molar-refractivity contribution in [2.75, 3.05) is 7.11 Å². The van der Waals surface area contributed by atoms with Crippen LogP contribution in [0.1, 0.15) is 5.56 Å². The monoisotopic (exact) mass is 334 g/mol. The molecule has 0 radical (unpaired) electrons. The van der Waals surface area contributed by atoms with Crippen molar-refractivity contribution in [3.63, 3.8) is 0 Å². The number of rotatable bonds is 4. The lowest BCUT2D eigenvalue weighted by Crippen LogP contribution is -2.17. The van der Waals surface area contributed by atoms with Gasteiger partial charge in [0.05, 0.1) is 25.5 Å². The standard InChI is InChI=1S/C17H14N6O2/c1-25-14-5-4-12(8-19-14)13-9-20-16-15(21-13)22-17(24)23(16)10-11-3-2-6-18-7-11/h2-9H,10H2,1H3,(H,21,22,24). The zero-order valence-corrected chi connectivity index (χ0v) is 13.4. The molecule has 0 amide bonds. The van der Waals surface area contributed by atoms with Crippen LogP contribution in [-0.4, -0.2) is 36.6 Å². The molecule has 4 aromatic heterocycles. The average molecular weight is 334 g/mol. The number of nitrogens with one attached hydrogen (secondary N) is 1. The van der Waals surface area contributed by atoms with E-state index in [9.17, 15) is 4.79 Å². The number of fused-ring (bicyclic) bond motifs is 1. The van der Waals surface area contributed by atoms with Crippen LogP contribution in [0.3, 0.4) is 0 Å². The average Bonchev–Trinajstić information content (AvgIpc) is 2.97. The SMILES string of the molecule is COc1ccc(-c2cnc3c(n2)[nH]c(=O)n3Cc2cccnc2)cn1. The molecule has 0 fully saturated rings. The van der Waals surface area contributed by atoms with Crippen LogP contribution in [-0.2, 0) is 6.54 Å². The molecule has 4 aromatic rings. The van der Waals surface area contributed by atoms with Gasteiger partial charge in [0.15, 0.2) is 11.3 Å². The van der Waals surface area contributed by atoms with Crippen molar-refractivity contribution in [1.29, 1.82) is 0 Å². The third-order valence-electron chi connectivity index (χ3n) is 3.78. The number of H-pyrrole nitrogens is 1. The first-order chi connectivity index (χ1) is 12.2. The zero-order chi connectivity index (χ0) is 17.2. The van der Waals surface area contributed by atoms with Gasteiger partial charge in [-0.15, -0.1) is 0 Å². The van der Waals surface area contributed by atoms with Crippen LogP contribution < -0.4 is 10.4 Å². The van der Waals surface area contributed by atoms with Crippen LogP contribution in [0.4, 0.5) is 0 Å². The third-order valence-corrected chi connectivity index (χ3v) is 3.78. The second-order valence-electron chi connectivity index (χ2n) is 5.39. The summed E-state index contributed by atoms with van der Waals surface area (Å²) < 4.78 is 6.58. The molecule has 0 saturated carbocycles. The first kappa shape index (κ1) is 15.0. The van der Waals surface area contributed by atoms with Gasteiger partial charge in [-0.25, -0.2) is 19.7 Å². The van der Waals surface area contributed by atoms with E-state index >= 15 is 0 Å². The molecule has 0 aromatic carbocycles. The van der Waals surface area contributed by atoms with E-state index in [0.717, 1.165) is 11.1 Å². The van der Waals surface area contributed by atoms with Gasteiger partial charge in [-0.2, -0.15) is 0 Å². The largest absolute Gasteiger partial charge is 0.481 e. The van der Waals surface area contributed by atoms with E-state index in [2.05, 4.69) is 24.9 Å². The Balaban J connectivity index is 1.73. The minimum absolute atomic E-state index is 0.260. The van der Waals surface area contributed by atoms with Crippen molar-refractivity contribution >= 4 is 11.3 Å². The molecule has 0 bridgehead atoms. The summed E-state index contributed by atoms with van der Waals surface area (Å²) >= 11 is 0. The van der Waals surface area contributed by atoms with E-state index in [1.807, 2.05) is 18.2 Å². The smallest absolute Gasteiger partial charge is 0.329 e. The summed E-state index contributed by atoms with van der Waals surface area (Å²) in [6, 6.07) is 7.32. The minimum atomic E-state index is -0.260. The van der Waals surface area contributed by atoms with Gasteiger partial charge in [-0.1, -0.05) is 6.07 Å². The van der Waals surface area contributed by atoms with E-state index in [4.69, 9.17) is 4.74 Å². The number of pyridine rings is 2. The summed E-state index contributed by atoms with van der Waals surface area (Å²) in [6.45, 7) is 0.380. The van der Waals surface area contributed by atoms with Gasteiger partial charge >= 0.3 is 5.69 Å². The van der Waals surface area contributed by atoms with Crippen molar-refractivity contribution in [2.45, 2.75) is 6.54 Å². The van der Waals surface area contributed by atoms with E-state index in [0.29, 0.717) is 29.4 Å². The van der Waals surface area contributed by atoms with Crippen LogP contribution >= 0.6 is 0 Å². The first-order valence-corrected chi connectivity index (χ1v) is 7.59. The normalized spacial score (nSPS) is 10.9. The topological polar surface area (TPSA) is 98.6 Å². The Hall–Kier alpha value is -3.55. The Morgan fingerprint density at radius 2 is 2.08 bits per heavy atom. The molecular weight excluding hydrogens is 320 g/mol. The molecule has 8 heteroatoms. The lowest BCUT2D eigenvalue weighted by Gasteiger charge is -2.04. The molecule has 8 nitrogen and oxygen atoms in total. The van der Waals surface area contributed by atoms with E-state index in [-0.39, 0.29) is 5.69 Å². The summed E-state index contributed by atoms with van der Waals surface area (Å²) in [5, 5.41) is 0. The Labute approximate surface area is 142 Å². The van der Waals surface area contributed by atoms with E-state index in [1.54, 1.807) is 38.0 Å². The second-order valence-corrected chi connectivity index (χ2v) is 5.39. The van der Waals surface area contributed by atoms with Gasteiger partial charge in [0.25, 0.3) is 0 Å². The number of methoxy groups -OCH3 is 1. The van der Waals surface area contributed by atoms with Gasteiger partial charge < -0.3 is 4.74 Å². The molecule has 124 valence electrons. The highest BCUT2D eigenvalue weighted by Crippen LogP contribution is 2.19. The molecule has 25 heavy (non-hydrogen) atoms. The number of imidazole rings is 1. The maximum absolute atomic E-state index is 12.3. The number of hydrogen-bond donors (Lipinski definition) is 1. The molecule has 4 rings (SSSR count). The summed E-state index contributed by atoms with van der Waals surface area (Å²) in [5.41, 5.74) is 2.99. The van der Waals surface area contributed by atoms with Crippen LogP contribution in [0.15, 0.2) is 53.8 Å². The molecule has 1 N–H and O–H groups in total. The second kappa shape index (κ2) is 6.16. The number of aromatic nitrogens is 6. The fourth-order valence-corrected chi connectivity index (χ4v) is 2.54.